The van der Waals surface area contributed by atoms with Gasteiger partial charge in [0, 0.05) is 62.5 Å². The van der Waals surface area contributed by atoms with Crippen molar-refractivity contribution in [1.29, 1.82) is 0 Å². The number of likely N-dealkylation sites (N-methyl/N-ethyl adjacent to an activating group) is 2. The first-order valence-electron chi connectivity index (χ1n) is 18.2. The fourth-order valence-electron chi connectivity index (χ4n) is 4.02. The Labute approximate surface area is 340 Å². The Morgan fingerprint density at radius 1 is 0.684 bits per heavy atom. The quantitative estimate of drug-likeness (QED) is 0.0625. The standard InChI is InChI=1S/C17H28N2O9S2.C10H19NO5S.C7H15NO2/c1-18(6-4-16(22)23)7-8-27-9-12-30(25,26)13-11-29-10-5-17(24)28-19-14(20)2-3-15(19)21;1-3-17(14,15)9-8-16-7-6-11(2)5-4-10(12)13;1-3-5-8(2)6-4-7(9)10/h2-13H2,1H3,(H,22,23);3H,1,4-9H2,2H3,(H,12,13);3-6H2,1-2H3,(H,9,10). The smallest absolute Gasteiger partial charge is 0.334 e. The van der Waals surface area contributed by atoms with Gasteiger partial charge in [-0.15, -0.1) is 5.06 Å². The van der Waals surface area contributed by atoms with Gasteiger partial charge in [-0.1, -0.05) is 13.5 Å². The average Bonchev–Trinajstić information content (AvgIpc) is 3.44. The number of ether oxygens (including phenoxy) is 2. The predicted octanol–water partition coefficient (Wildman–Crippen LogP) is 0.326. The highest BCUT2D eigenvalue weighted by Crippen LogP contribution is 2.13. The van der Waals surface area contributed by atoms with E-state index in [4.69, 9.17) is 29.6 Å². The zero-order chi connectivity index (χ0) is 43.9. The second-order valence-corrected chi connectivity index (χ2v) is 18.3. The van der Waals surface area contributed by atoms with Gasteiger partial charge >= 0.3 is 23.9 Å². The molecule has 0 aromatic heterocycles. The summed E-state index contributed by atoms with van der Waals surface area (Å²) in [5, 5.41) is 26.8. The van der Waals surface area contributed by atoms with Crippen LogP contribution in [0.2, 0.25) is 0 Å². The van der Waals surface area contributed by atoms with Gasteiger partial charge in [0.05, 0.1) is 69.4 Å². The largest absolute Gasteiger partial charge is 0.481 e. The molecular formula is C34H62N4O16S3. The van der Waals surface area contributed by atoms with Crippen LogP contribution in [-0.4, -0.2) is 203 Å². The summed E-state index contributed by atoms with van der Waals surface area (Å²) in [6.07, 6.45) is 1.47. The highest BCUT2D eigenvalue weighted by Gasteiger charge is 2.32. The summed E-state index contributed by atoms with van der Waals surface area (Å²) >= 11 is 1.26. The molecule has 57 heavy (non-hydrogen) atoms. The Hall–Kier alpha value is -3.19. The molecule has 0 saturated carbocycles. The van der Waals surface area contributed by atoms with Gasteiger partial charge in [-0.2, -0.15) is 11.8 Å². The third-order valence-corrected chi connectivity index (χ3v) is 11.6. The van der Waals surface area contributed by atoms with Crippen molar-refractivity contribution in [2.75, 3.05) is 116 Å². The molecule has 2 amide bonds. The van der Waals surface area contributed by atoms with E-state index in [2.05, 4.69) is 13.5 Å². The van der Waals surface area contributed by atoms with E-state index < -0.39 is 55.4 Å². The number of carbonyl (C=O) groups excluding carboxylic acids is 3. The molecule has 0 atom stereocenters. The number of carbonyl (C=O) groups is 6. The maximum atomic E-state index is 12.0. The van der Waals surface area contributed by atoms with Crippen LogP contribution >= 0.6 is 11.8 Å². The third-order valence-electron chi connectivity index (χ3n) is 7.46. The van der Waals surface area contributed by atoms with Gasteiger partial charge in [0.1, 0.15) is 0 Å². The molecule has 0 aliphatic carbocycles. The lowest BCUT2D eigenvalue weighted by Crippen LogP contribution is -2.32. The average molecular weight is 879 g/mol. The molecule has 1 rings (SSSR count). The number of sulfone groups is 2. The summed E-state index contributed by atoms with van der Waals surface area (Å²) in [5.41, 5.74) is 0. The molecule has 3 N–H and O–H groups in total. The lowest BCUT2D eigenvalue weighted by molar-refractivity contribution is -0.197. The number of carboxylic acid groups (broad SMARTS) is 3. The summed E-state index contributed by atoms with van der Waals surface area (Å²) in [6, 6.07) is 0. The van der Waals surface area contributed by atoms with Gasteiger partial charge in [-0.05, 0) is 34.1 Å². The first-order chi connectivity index (χ1) is 26.6. The lowest BCUT2D eigenvalue weighted by atomic mass is 10.4. The van der Waals surface area contributed by atoms with E-state index in [9.17, 15) is 45.6 Å². The molecule has 20 nitrogen and oxygen atoms in total. The molecular weight excluding hydrogens is 817 g/mol. The minimum absolute atomic E-state index is 0.0316. The zero-order valence-electron chi connectivity index (χ0n) is 33.5. The van der Waals surface area contributed by atoms with E-state index in [-0.39, 0.29) is 69.0 Å². The molecule has 23 heteroatoms. The van der Waals surface area contributed by atoms with Crippen LogP contribution in [0.15, 0.2) is 12.0 Å². The van der Waals surface area contributed by atoms with Crippen molar-refractivity contribution in [3.8, 4) is 0 Å². The number of thioether (sulfide) groups is 1. The molecule has 1 aliphatic heterocycles. The number of imide groups is 1. The fourth-order valence-corrected chi connectivity index (χ4v) is 7.11. The maximum absolute atomic E-state index is 12.0. The number of carboxylic acids is 3. The molecule has 1 fully saturated rings. The number of amides is 2. The van der Waals surface area contributed by atoms with Gasteiger partial charge in [0.2, 0.25) is 0 Å². The molecule has 0 aromatic carbocycles. The number of hydrogen-bond acceptors (Lipinski definition) is 17. The maximum Gasteiger partial charge on any atom is 0.334 e. The van der Waals surface area contributed by atoms with Crippen molar-refractivity contribution in [3.63, 3.8) is 0 Å². The number of hydroxylamine groups is 2. The van der Waals surface area contributed by atoms with Crippen molar-refractivity contribution in [2.24, 2.45) is 0 Å². The van der Waals surface area contributed by atoms with Gasteiger partial charge in [0.25, 0.3) is 11.8 Å². The van der Waals surface area contributed by atoms with Crippen molar-refractivity contribution in [2.45, 2.75) is 51.9 Å². The van der Waals surface area contributed by atoms with Crippen molar-refractivity contribution >= 4 is 67.1 Å². The van der Waals surface area contributed by atoms with Crippen LogP contribution in [-0.2, 0) is 62.8 Å². The van der Waals surface area contributed by atoms with E-state index >= 15 is 0 Å². The fraction of sp³-hybridized carbons (Fsp3) is 0.765. The first-order valence-corrected chi connectivity index (χ1v) is 22.9. The highest BCUT2D eigenvalue weighted by molar-refractivity contribution is 8.00. The molecule has 0 spiro atoms. The molecule has 1 aliphatic rings. The van der Waals surface area contributed by atoms with Crippen LogP contribution in [0, 0.1) is 0 Å². The van der Waals surface area contributed by atoms with Crippen molar-refractivity contribution in [1.82, 2.24) is 19.8 Å². The van der Waals surface area contributed by atoms with Gasteiger partial charge < -0.3 is 44.3 Å². The SMILES string of the molecule is C=CS(=O)(=O)CCOCCN(C)CCC(=O)O.CCCN(C)CCC(=O)O.CN(CCOCCS(=O)(=O)CCSCCC(=O)ON1C(=O)CCC1=O)CCC(=O)O. The van der Waals surface area contributed by atoms with Crippen molar-refractivity contribution < 1.29 is 75.2 Å². The van der Waals surface area contributed by atoms with Gasteiger partial charge in [0.15, 0.2) is 19.7 Å². The molecule has 0 radical (unpaired) electrons. The van der Waals surface area contributed by atoms with Crippen LogP contribution in [0.3, 0.4) is 0 Å². The molecule has 1 heterocycles. The number of hydrogen-bond donors (Lipinski definition) is 3. The summed E-state index contributed by atoms with van der Waals surface area (Å²) in [5.74, 6) is -3.86. The third kappa shape index (κ3) is 35.7. The summed E-state index contributed by atoms with van der Waals surface area (Å²) < 4.78 is 56.3. The lowest BCUT2D eigenvalue weighted by Gasteiger charge is -2.15. The molecule has 332 valence electrons. The second-order valence-electron chi connectivity index (χ2n) is 12.7. The van der Waals surface area contributed by atoms with Gasteiger partial charge in [-0.3, -0.25) is 24.0 Å². The van der Waals surface area contributed by atoms with Crippen LogP contribution < -0.4 is 0 Å². The first kappa shape index (κ1) is 55.9. The monoisotopic (exact) mass is 878 g/mol. The van der Waals surface area contributed by atoms with Crippen LogP contribution in [0.4, 0.5) is 0 Å². The Kier molecular flexibility index (Phi) is 32.1. The number of rotatable bonds is 31. The molecule has 0 unspecified atom stereocenters. The van der Waals surface area contributed by atoms with Crippen LogP contribution in [0.5, 0.6) is 0 Å². The van der Waals surface area contributed by atoms with E-state index in [0.717, 1.165) is 18.4 Å². The number of nitrogens with zero attached hydrogens (tertiary/aromatic N) is 4. The highest BCUT2D eigenvalue weighted by atomic mass is 32.2. The Morgan fingerprint density at radius 3 is 1.54 bits per heavy atom. The van der Waals surface area contributed by atoms with E-state index in [0.29, 0.717) is 62.5 Å². The Bertz CT molecular complexity index is 1430. The Morgan fingerprint density at radius 2 is 1.12 bits per heavy atom. The van der Waals surface area contributed by atoms with Crippen LogP contribution in [0.25, 0.3) is 0 Å². The topological polar surface area (TPSA) is 272 Å². The van der Waals surface area contributed by atoms with E-state index in [1.807, 2.05) is 16.8 Å². The minimum atomic E-state index is -3.29. The molecule has 0 bridgehead atoms. The van der Waals surface area contributed by atoms with E-state index in [1.54, 1.807) is 19.0 Å². The summed E-state index contributed by atoms with van der Waals surface area (Å²) in [6.45, 7) is 9.70. The predicted molar refractivity (Wildman–Crippen MR) is 213 cm³/mol. The minimum Gasteiger partial charge on any atom is -0.481 e. The molecule has 0 aromatic rings. The summed E-state index contributed by atoms with van der Waals surface area (Å²) in [4.78, 5) is 75.5. The normalized spacial score (nSPS) is 12.9. The number of aliphatic carboxylic acids is 3. The van der Waals surface area contributed by atoms with Crippen LogP contribution in [0.1, 0.15) is 51.9 Å². The Balaban J connectivity index is 0. The van der Waals surface area contributed by atoms with E-state index in [1.165, 1.54) is 11.8 Å². The molecule has 1 saturated heterocycles. The van der Waals surface area contributed by atoms with Crippen molar-refractivity contribution in [3.05, 3.63) is 12.0 Å². The zero-order valence-corrected chi connectivity index (χ0v) is 36.0. The summed E-state index contributed by atoms with van der Waals surface area (Å²) in [7, 11) is -1.00. The second kappa shape index (κ2) is 32.7. The van der Waals surface area contributed by atoms with Gasteiger partial charge in [-0.25, -0.2) is 21.6 Å².